The molecule has 7 heteroatoms. The van der Waals surface area contributed by atoms with E-state index in [-0.39, 0.29) is 11.8 Å². The average Bonchev–Trinajstić information content (AvgIpc) is 3.04. The van der Waals surface area contributed by atoms with Crippen LogP contribution in [0.25, 0.3) is 0 Å². The molecule has 0 aliphatic carbocycles. The average molecular weight is 329 g/mol. The zero-order chi connectivity index (χ0) is 17.5. The van der Waals surface area contributed by atoms with Gasteiger partial charge in [0.15, 0.2) is 0 Å². The Kier molecular flexibility index (Phi) is 5.95. The zero-order valence-corrected chi connectivity index (χ0v) is 13.9. The SMILES string of the molecule is CC(C)[C@H](NC(N)=O)C(=O)NCc1ccccc1Cn1cccn1. The van der Waals surface area contributed by atoms with Crippen molar-refractivity contribution in [2.75, 3.05) is 0 Å². The van der Waals surface area contributed by atoms with Crippen molar-refractivity contribution in [1.29, 1.82) is 0 Å². The van der Waals surface area contributed by atoms with Gasteiger partial charge in [0, 0.05) is 18.9 Å². The minimum atomic E-state index is -0.706. The molecule has 1 atom stereocenters. The summed E-state index contributed by atoms with van der Waals surface area (Å²) in [5, 5.41) is 9.55. The summed E-state index contributed by atoms with van der Waals surface area (Å²) >= 11 is 0. The fourth-order valence-corrected chi connectivity index (χ4v) is 2.43. The van der Waals surface area contributed by atoms with E-state index in [9.17, 15) is 9.59 Å². The van der Waals surface area contributed by atoms with Crippen molar-refractivity contribution in [3.05, 3.63) is 53.9 Å². The number of amides is 3. The lowest BCUT2D eigenvalue weighted by molar-refractivity contribution is -0.124. The first-order valence-electron chi connectivity index (χ1n) is 7.85. The smallest absolute Gasteiger partial charge is 0.312 e. The van der Waals surface area contributed by atoms with Gasteiger partial charge in [-0.05, 0) is 23.1 Å². The molecule has 24 heavy (non-hydrogen) atoms. The minimum Gasteiger partial charge on any atom is -0.352 e. The van der Waals surface area contributed by atoms with E-state index >= 15 is 0 Å². The Morgan fingerprint density at radius 1 is 1.21 bits per heavy atom. The van der Waals surface area contributed by atoms with E-state index in [1.165, 1.54) is 0 Å². The van der Waals surface area contributed by atoms with Crippen molar-refractivity contribution in [2.45, 2.75) is 33.0 Å². The van der Waals surface area contributed by atoms with Gasteiger partial charge in [0.2, 0.25) is 5.91 Å². The predicted molar refractivity (Wildman–Crippen MR) is 91.0 cm³/mol. The summed E-state index contributed by atoms with van der Waals surface area (Å²) in [4.78, 5) is 23.4. The highest BCUT2D eigenvalue weighted by Crippen LogP contribution is 2.11. The van der Waals surface area contributed by atoms with Crippen LogP contribution in [0.15, 0.2) is 42.7 Å². The highest BCUT2D eigenvalue weighted by Gasteiger charge is 2.23. The first-order valence-corrected chi connectivity index (χ1v) is 7.85. The van der Waals surface area contributed by atoms with Crippen LogP contribution in [0, 0.1) is 5.92 Å². The number of primary amides is 1. The summed E-state index contributed by atoms with van der Waals surface area (Å²) in [6.45, 7) is 4.71. The molecule has 0 spiro atoms. The molecule has 128 valence electrons. The van der Waals surface area contributed by atoms with Crippen molar-refractivity contribution in [1.82, 2.24) is 20.4 Å². The molecule has 1 aromatic carbocycles. The van der Waals surface area contributed by atoms with E-state index < -0.39 is 12.1 Å². The Morgan fingerprint density at radius 2 is 1.92 bits per heavy atom. The third-order valence-electron chi connectivity index (χ3n) is 3.71. The molecule has 0 fully saturated rings. The first-order chi connectivity index (χ1) is 11.5. The topological polar surface area (TPSA) is 102 Å². The van der Waals surface area contributed by atoms with E-state index in [0.29, 0.717) is 13.1 Å². The second-order valence-electron chi connectivity index (χ2n) is 5.92. The molecule has 2 rings (SSSR count). The molecule has 0 saturated heterocycles. The molecule has 1 heterocycles. The van der Waals surface area contributed by atoms with E-state index in [4.69, 9.17) is 5.73 Å². The largest absolute Gasteiger partial charge is 0.352 e. The number of urea groups is 1. The number of nitrogens with one attached hydrogen (secondary N) is 2. The lowest BCUT2D eigenvalue weighted by Gasteiger charge is -2.21. The van der Waals surface area contributed by atoms with E-state index in [2.05, 4.69) is 15.7 Å². The van der Waals surface area contributed by atoms with E-state index in [0.717, 1.165) is 11.1 Å². The number of aromatic nitrogens is 2. The number of hydrogen-bond donors (Lipinski definition) is 3. The molecule has 0 radical (unpaired) electrons. The Morgan fingerprint density at radius 3 is 2.50 bits per heavy atom. The van der Waals surface area contributed by atoms with Crippen LogP contribution >= 0.6 is 0 Å². The van der Waals surface area contributed by atoms with Gasteiger partial charge in [0.25, 0.3) is 0 Å². The molecule has 0 saturated carbocycles. The quantitative estimate of drug-likeness (QED) is 0.712. The molecule has 7 nitrogen and oxygen atoms in total. The Hall–Kier alpha value is -2.83. The molecule has 3 amide bonds. The Bertz CT molecular complexity index is 682. The molecule has 0 unspecified atom stereocenters. The van der Waals surface area contributed by atoms with Gasteiger partial charge in [0.05, 0.1) is 6.54 Å². The number of benzene rings is 1. The van der Waals surface area contributed by atoms with Crippen LogP contribution < -0.4 is 16.4 Å². The maximum absolute atomic E-state index is 12.3. The van der Waals surface area contributed by atoms with E-state index in [1.54, 1.807) is 6.20 Å². The van der Waals surface area contributed by atoms with Crippen LogP contribution in [0.5, 0.6) is 0 Å². The number of carbonyl (C=O) groups is 2. The summed E-state index contributed by atoms with van der Waals surface area (Å²) in [5.41, 5.74) is 7.21. The Balaban J connectivity index is 2.03. The van der Waals surface area contributed by atoms with Gasteiger partial charge in [-0.2, -0.15) is 5.10 Å². The number of rotatable bonds is 7. The van der Waals surface area contributed by atoms with Gasteiger partial charge in [-0.25, -0.2) is 4.79 Å². The maximum atomic E-state index is 12.3. The summed E-state index contributed by atoms with van der Waals surface area (Å²) in [6, 6.07) is 8.36. The van der Waals surface area contributed by atoms with Crippen LogP contribution in [0.4, 0.5) is 4.79 Å². The minimum absolute atomic E-state index is 0.0585. The molecule has 4 N–H and O–H groups in total. The van der Waals surface area contributed by atoms with Gasteiger partial charge in [0.1, 0.15) is 6.04 Å². The third-order valence-corrected chi connectivity index (χ3v) is 3.71. The fraction of sp³-hybridized carbons (Fsp3) is 0.353. The first kappa shape index (κ1) is 17.5. The number of hydrogen-bond acceptors (Lipinski definition) is 3. The molecule has 0 aliphatic rings. The molecule has 0 bridgehead atoms. The summed E-state index contributed by atoms with van der Waals surface area (Å²) in [6.07, 6.45) is 3.62. The zero-order valence-electron chi connectivity index (χ0n) is 13.9. The Labute approximate surface area is 141 Å². The highest BCUT2D eigenvalue weighted by atomic mass is 16.2. The fourth-order valence-electron chi connectivity index (χ4n) is 2.43. The number of nitrogens with two attached hydrogens (primary N) is 1. The second kappa shape index (κ2) is 8.14. The third kappa shape index (κ3) is 4.84. The van der Waals surface area contributed by atoms with Crippen molar-refractivity contribution in [3.8, 4) is 0 Å². The van der Waals surface area contributed by atoms with Crippen molar-refractivity contribution < 1.29 is 9.59 Å². The monoisotopic (exact) mass is 329 g/mol. The van der Waals surface area contributed by atoms with Crippen molar-refractivity contribution in [3.63, 3.8) is 0 Å². The summed E-state index contributed by atoms with van der Waals surface area (Å²) in [7, 11) is 0. The van der Waals surface area contributed by atoms with Gasteiger partial charge >= 0.3 is 6.03 Å². The van der Waals surface area contributed by atoms with Crippen LogP contribution in [-0.2, 0) is 17.9 Å². The van der Waals surface area contributed by atoms with Gasteiger partial charge in [-0.15, -0.1) is 0 Å². The van der Waals surface area contributed by atoms with Crippen LogP contribution in [0.2, 0.25) is 0 Å². The standard InChI is InChI=1S/C17H23N5O2/c1-12(2)15(21-17(18)24)16(23)19-10-13-6-3-4-7-14(13)11-22-9-5-8-20-22/h3-9,12,15H,10-11H2,1-2H3,(H,19,23)(H3,18,21,24)/t15-/m0/s1. The highest BCUT2D eigenvalue weighted by molar-refractivity contribution is 5.86. The van der Waals surface area contributed by atoms with Crippen LogP contribution in [-0.4, -0.2) is 27.8 Å². The van der Waals surface area contributed by atoms with Crippen molar-refractivity contribution >= 4 is 11.9 Å². The molecule has 0 aliphatic heterocycles. The lowest BCUT2D eigenvalue weighted by atomic mass is 10.0. The predicted octanol–water partition coefficient (Wildman–Crippen LogP) is 1.24. The molecule has 1 aromatic heterocycles. The van der Waals surface area contributed by atoms with Crippen molar-refractivity contribution in [2.24, 2.45) is 11.7 Å². The summed E-state index contributed by atoms with van der Waals surface area (Å²) in [5.74, 6) is -0.311. The van der Waals surface area contributed by atoms with Crippen LogP contribution in [0.3, 0.4) is 0 Å². The van der Waals surface area contributed by atoms with E-state index in [1.807, 2.05) is 55.1 Å². The van der Waals surface area contributed by atoms with Gasteiger partial charge < -0.3 is 16.4 Å². The molecular weight excluding hydrogens is 306 g/mol. The van der Waals surface area contributed by atoms with Crippen LogP contribution in [0.1, 0.15) is 25.0 Å². The number of carbonyl (C=O) groups excluding carboxylic acids is 2. The normalized spacial score (nSPS) is 12.0. The molecular formula is C17H23N5O2. The van der Waals surface area contributed by atoms with Gasteiger partial charge in [-0.3, -0.25) is 9.48 Å². The second-order valence-corrected chi connectivity index (χ2v) is 5.92. The number of nitrogens with zero attached hydrogens (tertiary/aromatic N) is 2. The van der Waals surface area contributed by atoms with Gasteiger partial charge in [-0.1, -0.05) is 38.1 Å². The maximum Gasteiger partial charge on any atom is 0.312 e. The summed E-state index contributed by atoms with van der Waals surface area (Å²) < 4.78 is 1.83. The lowest BCUT2D eigenvalue weighted by Crippen LogP contribution is -2.51. The molecule has 2 aromatic rings.